The zero-order valence-electron chi connectivity index (χ0n) is 14.9. The number of carbonyl (C=O) groups excluding carboxylic acids is 1. The second-order valence-electron chi connectivity index (χ2n) is 6.36. The average molecular weight is 403 g/mol. The van der Waals surface area contributed by atoms with Crippen molar-refractivity contribution in [3.63, 3.8) is 0 Å². The van der Waals surface area contributed by atoms with Crippen LogP contribution in [0.5, 0.6) is 5.75 Å². The van der Waals surface area contributed by atoms with Gasteiger partial charge in [0.05, 0.1) is 35.5 Å². The number of fused-ring (bicyclic) bond motifs is 1. The molecule has 7 heteroatoms. The predicted molar refractivity (Wildman–Crippen MR) is 108 cm³/mol. The molecule has 1 aliphatic rings. The molecule has 2 heterocycles. The van der Waals surface area contributed by atoms with Gasteiger partial charge in [0, 0.05) is 11.6 Å². The van der Waals surface area contributed by atoms with Crippen LogP contribution < -0.4 is 9.64 Å². The van der Waals surface area contributed by atoms with E-state index >= 15 is 0 Å². The van der Waals surface area contributed by atoms with Gasteiger partial charge in [0.1, 0.15) is 5.75 Å². The molecule has 4 rings (SSSR count). The lowest BCUT2D eigenvalue weighted by molar-refractivity contribution is 0.0915. The summed E-state index contributed by atoms with van der Waals surface area (Å²) in [5, 5.41) is 1.29. The Hall–Kier alpha value is -2.15. The Balaban J connectivity index is 1.74. The van der Waals surface area contributed by atoms with Gasteiger partial charge in [-0.3, -0.25) is 9.69 Å². The molecule has 0 radical (unpaired) electrons. The molecule has 1 fully saturated rings. The minimum absolute atomic E-state index is 0.0132. The van der Waals surface area contributed by atoms with E-state index in [-0.39, 0.29) is 12.0 Å². The Morgan fingerprint density at radius 1 is 1.37 bits per heavy atom. The summed E-state index contributed by atoms with van der Waals surface area (Å²) >= 11 is 7.56. The lowest BCUT2D eigenvalue weighted by atomic mass is 10.1. The van der Waals surface area contributed by atoms with Crippen LogP contribution in [0.1, 0.15) is 23.2 Å². The SMILES string of the molecule is COc1ccccc1C(=O)N(CC1CCCO1)c1nc2ccc(Cl)cc2s1. The minimum atomic E-state index is -0.145. The smallest absolute Gasteiger partial charge is 0.263 e. The van der Waals surface area contributed by atoms with Crippen LogP contribution in [0.15, 0.2) is 42.5 Å². The molecule has 1 aliphatic heterocycles. The number of para-hydroxylation sites is 1. The number of benzene rings is 2. The number of rotatable bonds is 5. The molecule has 1 amide bonds. The number of hydrogen-bond donors (Lipinski definition) is 0. The van der Waals surface area contributed by atoms with E-state index in [1.54, 1.807) is 30.2 Å². The van der Waals surface area contributed by atoms with Crippen LogP contribution in [0.25, 0.3) is 10.2 Å². The molecule has 0 aliphatic carbocycles. The van der Waals surface area contributed by atoms with Crippen LogP contribution in [0.2, 0.25) is 5.02 Å². The van der Waals surface area contributed by atoms with E-state index in [4.69, 9.17) is 21.1 Å². The highest BCUT2D eigenvalue weighted by Crippen LogP contribution is 2.33. The number of aromatic nitrogens is 1. The van der Waals surface area contributed by atoms with E-state index in [9.17, 15) is 4.79 Å². The van der Waals surface area contributed by atoms with Crippen molar-refractivity contribution >= 4 is 44.2 Å². The molecule has 1 saturated heterocycles. The van der Waals surface area contributed by atoms with Crippen molar-refractivity contribution < 1.29 is 14.3 Å². The summed E-state index contributed by atoms with van der Waals surface area (Å²) in [6.07, 6.45) is 1.96. The van der Waals surface area contributed by atoms with Crippen molar-refractivity contribution in [1.82, 2.24) is 4.98 Å². The first kappa shape index (κ1) is 18.2. The van der Waals surface area contributed by atoms with Gasteiger partial charge >= 0.3 is 0 Å². The number of amides is 1. The highest BCUT2D eigenvalue weighted by atomic mass is 35.5. The fraction of sp³-hybridized carbons (Fsp3) is 0.300. The maximum Gasteiger partial charge on any atom is 0.263 e. The first-order valence-corrected chi connectivity index (χ1v) is 9.98. The number of ether oxygens (including phenoxy) is 2. The van der Waals surface area contributed by atoms with Gasteiger partial charge in [-0.15, -0.1) is 0 Å². The van der Waals surface area contributed by atoms with Crippen LogP contribution in [0.4, 0.5) is 5.13 Å². The Bertz CT molecular complexity index is 969. The summed E-state index contributed by atoms with van der Waals surface area (Å²) < 4.78 is 12.1. The average Bonchev–Trinajstić information content (AvgIpc) is 3.34. The third kappa shape index (κ3) is 3.78. The molecule has 5 nitrogen and oxygen atoms in total. The van der Waals surface area contributed by atoms with Gasteiger partial charge in [-0.25, -0.2) is 4.98 Å². The van der Waals surface area contributed by atoms with Crippen molar-refractivity contribution in [1.29, 1.82) is 0 Å². The van der Waals surface area contributed by atoms with E-state index in [1.807, 2.05) is 24.3 Å². The fourth-order valence-corrected chi connectivity index (χ4v) is 4.46. The van der Waals surface area contributed by atoms with Crippen LogP contribution in [0.3, 0.4) is 0 Å². The summed E-state index contributed by atoms with van der Waals surface area (Å²) in [5.74, 6) is 0.400. The van der Waals surface area contributed by atoms with Gasteiger partial charge in [0.25, 0.3) is 5.91 Å². The molecule has 1 aromatic heterocycles. The second kappa shape index (κ2) is 7.84. The Kier molecular flexibility index (Phi) is 5.29. The van der Waals surface area contributed by atoms with Crippen molar-refractivity contribution in [2.45, 2.75) is 18.9 Å². The number of halogens is 1. The number of anilines is 1. The highest BCUT2D eigenvalue weighted by Gasteiger charge is 2.28. The summed E-state index contributed by atoms with van der Waals surface area (Å²) in [4.78, 5) is 19.8. The van der Waals surface area contributed by atoms with Crippen molar-refractivity contribution in [3.05, 3.63) is 53.1 Å². The first-order valence-electron chi connectivity index (χ1n) is 8.78. The van der Waals surface area contributed by atoms with Crippen molar-refractivity contribution in [2.24, 2.45) is 0 Å². The largest absolute Gasteiger partial charge is 0.496 e. The molecule has 0 spiro atoms. The number of carbonyl (C=O) groups is 1. The third-order valence-electron chi connectivity index (χ3n) is 4.56. The number of nitrogens with zero attached hydrogens (tertiary/aromatic N) is 2. The van der Waals surface area contributed by atoms with Crippen molar-refractivity contribution in [2.75, 3.05) is 25.2 Å². The molecule has 1 atom stereocenters. The molecule has 140 valence electrons. The summed E-state index contributed by atoms with van der Waals surface area (Å²) in [5.41, 5.74) is 1.33. The summed E-state index contributed by atoms with van der Waals surface area (Å²) in [7, 11) is 1.57. The number of thiazole rings is 1. The van der Waals surface area contributed by atoms with Crippen LogP contribution in [0, 0.1) is 0 Å². The van der Waals surface area contributed by atoms with Gasteiger partial charge in [-0.05, 0) is 43.2 Å². The molecule has 1 unspecified atom stereocenters. The third-order valence-corrected chi connectivity index (χ3v) is 5.84. The number of methoxy groups -OCH3 is 1. The van der Waals surface area contributed by atoms with Gasteiger partial charge < -0.3 is 9.47 Å². The quantitative estimate of drug-likeness (QED) is 0.616. The van der Waals surface area contributed by atoms with E-state index in [2.05, 4.69) is 4.98 Å². The first-order chi connectivity index (χ1) is 13.2. The Morgan fingerprint density at radius 3 is 3.00 bits per heavy atom. The molecular weight excluding hydrogens is 384 g/mol. The molecule has 0 saturated carbocycles. The van der Waals surface area contributed by atoms with Crippen LogP contribution in [-0.2, 0) is 4.74 Å². The molecule has 27 heavy (non-hydrogen) atoms. The summed E-state index contributed by atoms with van der Waals surface area (Å²) in [6.45, 7) is 1.20. The van der Waals surface area contributed by atoms with Gasteiger partial charge in [0.15, 0.2) is 5.13 Å². The molecular formula is C20H19ClN2O3S. The maximum absolute atomic E-state index is 13.4. The maximum atomic E-state index is 13.4. The minimum Gasteiger partial charge on any atom is -0.496 e. The van der Waals surface area contributed by atoms with Gasteiger partial charge in [-0.1, -0.05) is 35.1 Å². The monoisotopic (exact) mass is 402 g/mol. The predicted octanol–water partition coefficient (Wildman–Crippen LogP) is 4.78. The molecule has 3 aromatic rings. The van der Waals surface area contributed by atoms with Gasteiger partial charge in [-0.2, -0.15) is 0 Å². The van der Waals surface area contributed by atoms with Gasteiger partial charge in [0.2, 0.25) is 0 Å². The van der Waals surface area contributed by atoms with E-state index < -0.39 is 0 Å². The zero-order valence-corrected chi connectivity index (χ0v) is 16.4. The van der Waals surface area contributed by atoms with E-state index in [0.717, 1.165) is 29.7 Å². The zero-order chi connectivity index (χ0) is 18.8. The number of hydrogen-bond acceptors (Lipinski definition) is 5. The highest BCUT2D eigenvalue weighted by molar-refractivity contribution is 7.22. The Labute approximate surface area is 166 Å². The summed E-state index contributed by atoms with van der Waals surface area (Å²) in [6, 6.07) is 12.8. The van der Waals surface area contributed by atoms with E-state index in [0.29, 0.717) is 28.0 Å². The lowest BCUT2D eigenvalue weighted by Gasteiger charge is -2.23. The van der Waals surface area contributed by atoms with Crippen LogP contribution >= 0.6 is 22.9 Å². The fourth-order valence-electron chi connectivity index (χ4n) is 3.21. The standard InChI is InChI=1S/C20H19ClN2O3S/c1-25-17-7-3-2-6-15(17)19(24)23(12-14-5-4-10-26-14)20-22-16-9-8-13(21)11-18(16)27-20/h2-3,6-9,11,14H,4-5,10,12H2,1H3. The molecule has 2 aromatic carbocycles. The van der Waals surface area contributed by atoms with Crippen molar-refractivity contribution in [3.8, 4) is 5.75 Å². The Morgan fingerprint density at radius 2 is 2.22 bits per heavy atom. The molecule has 0 N–H and O–H groups in total. The van der Waals surface area contributed by atoms with Crippen LogP contribution in [-0.4, -0.2) is 37.3 Å². The normalized spacial score (nSPS) is 16.6. The van der Waals surface area contributed by atoms with E-state index in [1.165, 1.54) is 11.3 Å². The topological polar surface area (TPSA) is 51.7 Å². The second-order valence-corrected chi connectivity index (χ2v) is 7.81. The molecule has 0 bridgehead atoms. The lowest BCUT2D eigenvalue weighted by Crippen LogP contribution is -2.37.